The molecule has 3 fully saturated rings. The molecule has 5 heteroatoms. The van der Waals surface area contributed by atoms with E-state index < -0.39 is 5.41 Å². The summed E-state index contributed by atoms with van der Waals surface area (Å²) in [6, 6.07) is 7.90. The summed E-state index contributed by atoms with van der Waals surface area (Å²) in [5, 5.41) is -0.269. The summed E-state index contributed by atoms with van der Waals surface area (Å²) >= 11 is 5.75. The SMILES string of the molecule is COC(=O)Cc1ccc(C23CCC(C(=O)Cl)(CC2)CO3)cc1. The quantitative estimate of drug-likeness (QED) is 0.631. The average Bonchev–Trinajstić information content (AvgIpc) is 2.57. The van der Waals surface area contributed by atoms with Gasteiger partial charge in [-0.2, -0.15) is 0 Å². The van der Waals surface area contributed by atoms with Crippen molar-refractivity contribution in [1.82, 2.24) is 0 Å². The molecule has 1 aliphatic carbocycles. The van der Waals surface area contributed by atoms with E-state index in [4.69, 9.17) is 16.3 Å². The molecule has 0 aromatic heterocycles. The number of halogens is 1. The van der Waals surface area contributed by atoms with Crippen LogP contribution in [0, 0.1) is 5.41 Å². The van der Waals surface area contributed by atoms with Gasteiger partial charge in [-0.3, -0.25) is 9.59 Å². The number of rotatable bonds is 4. The monoisotopic (exact) mass is 322 g/mol. The van der Waals surface area contributed by atoms with E-state index in [9.17, 15) is 9.59 Å². The van der Waals surface area contributed by atoms with E-state index in [0.717, 1.165) is 36.8 Å². The molecule has 22 heavy (non-hydrogen) atoms. The van der Waals surface area contributed by atoms with Crippen molar-refractivity contribution in [1.29, 1.82) is 0 Å². The number of hydrogen-bond donors (Lipinski definition) is 0. The molecule has 1 aromatic rings. The predicted octanol–water partition coefficient (Wildman–Crippen LogP) is 2.95. The highest BCUT2D eigenvalue weighted by molar-refractivity contribution is 6.64. The molecule has 2 heterocycles. The molecule has 2 bridgehead atoms. The van der Waals surface area contributed by atoms with Gasteiger partial charge in [0.2, 0.25) is 5.24 Å². The highest BCUT2D eigenvalue weighted by Gasteiger charge is 2.53. The fraction of sp³-hybridized carbons (Fsp3) is 0.529. The van der Waals surface area contributed by atoms with Gasteiger partial charge in [-0.05, 0) is 48.4 Å². The second kappa shape index (κ2) is 5.67. The predicted molar refractivity (Wildman–Crippen MR) is 81.6 cm³/mol. The molecule has 4 nitrogen and oxygen atoms in total. The molecule has 0 atom stereocenters. The zero-order chi connectivity index (χ0) is 15.8. The summed E-state index contributed by atoms with van der Waals surface area (Å²) in [6.07, 6.45) is 3.44. The molecule has 0 unspecified atom stereocenters. The minimum absolute atomic E-state index is 0.247. The average molecular weight is 323 g/mol. The van der Waals surface area contributed by atoms with Crippen molar-refractivity contribution < 1.29 is 19.1 Å². The third-order valence-electron chi connectivity index (χ3n) is 5.11. The van der Waals surface area contributed by atoms with E-state index in [-0.39, 0.29) is 23.2 Å². The van der Waals surface area contributed by atoms with Crippen LogP contribution in [0.25, 0.3) is 0 Å². The maximum Gasteiger partial charge on any atom is 0.309 e. The second-order valence-corrected chi connectivity index (χ2v) is 6.63. The zero-order valence-electron chi connectivity index (χ0n) is 12.6. The number of carbonyl (C=O) groups is 2. The van der Waals surface area contributed by atoms with Crippen molar-refractivity contribution in [3.8, 4) is 0 Å². The van der Waals surface area contributed by atoms with E-state index in [1.807, 2.05) is 24.3 Å². The van der Waals surface area contributed by atoms with Crippen LogP contribution < -0.4 is 0 Å². The second-order valence-electron chi connectivity index (χ2n) is 6.29. The first-order valence-electron chi connectivity index (χ1n) is 7.50. The number of benzene rings is 1. The lowest BCUT2D eigenvalue weighted by Gasteiger charge is -2.51. The molecule has 3 aliphatic rings. The standard InChI is InChI=1S/C17H19ClO4/c1-21-14(19)10-12-2-4-13(5-3-12)17-8-6-16(7-9-17,11-22-17)15(18)20/h2-5H,6-11H2,1H3. The van der Waals surface area contributed by atoms with E-state index in [1.54, 1.807) is 0 Å². The van der Waals surface area contributed by atoms with Gasteiger partial charge in [0, 0.05) is 0 Å². The molecule has 0 spiro atoms. The largest absolute Gasteiger partial charge is 0.469 e. The number of ether oxygens (including phenoxy) is 2. The number of fused-ring (bicyclic) bond motifs is 3. The number of carbonyl (C=O) groups excluding carboxylic acids is 2. The van der Waals surface area contributed by atoms with Gasteiger partial charge in [-0.1, -0.05) is 24.3 Å². The Kier molecular flexibility index (Phi) is 4.00. The van der Waals surface area contributed by atoms with Gasteiger partial charge in [0.15, 0.2) is 0 Å². The van der Waals surface area contributed by atoms with Crippen molar-refractivity contribution in [2.24, 2.45) is 5.41 Å². The van der Waals surface area contributed by atoms with Crippen molar-refractivity contribution >= 4 is 22.8 Å². The Bertz CT molecular complexity index is 569. The summed E-state index contributed by atoms with van der Waals surface area (Å²) in [4.78, 5) is 22.9. The van der Waals surface area contributed by atoms with Crippen molar-refractivity contribution in [3.05, 3.63) is 35.4 Å². The topological polar surface area (TPSA) is 52.6 Å². The van der Waals surface area contributed by atoms with Crippen LogP contribution in [-0.4, -0.2) is 24.9 Å². The highest BCUT2D eigenvalue weighted by atomic mass is 35.5. The first kappa shape index (κ1) is 15.5. The minimum atomic E-state index is -0.478. The maximum absolute atomic E-state index is 11.6. The van der Waals surface area contributed by atoms with Gasteiger partial charge in [-0.25, -0.2) is 0 Å². The van der Waals surface area contributed by atoms with Crippen molar-refractivity contribution in [2.75, 3.05) is 13.7 Å². The normalized spacial score (nSPS) is 30.1. The lowest BCUT2D eigenvalue weighted by Crippen LogP contribution is -2.51. The van der Waals surface area contributed by atoms with E-state index >= 15 is 0 Å². The summed E-state index contributed by atoms with van der Waals surface area (Å²) in [5.74, 6) is -0.247. The van der Waals surface area contributed by atoms with Crippen LogP contribution in [0.4, 0.5) is 0 Å². The molecule has 1 aromatic carbocycles. The molecule has 0 radical (unpaired) electrons. The van der Waals surface area contributed by atoms with Crippen LogP contribution in [0.2, 0.25) is 0 Å². The van der Waals surface area contributed by atoms with Crippen LogP contribution in [-0.2, 0) is 31.1 Å². The van der Waals surface area contributed by atoms with Gasteiger partial charge >= 0.3 is 5.97 Å². The van der Waals surface area contributed by atoms with Gasteiger partial charge in [0.25, 0.3) is 0 Å². The summed E-state index contributed by atoms with van der Waals surface area (Å²) in [7, 11) is 1.39. The van der Waals surface area contributed by atoms with Gasteiger partial charge in [0.05, 0.1) is 31.2 Å². The van der Waals surface area contributed by atoms with Crippen molar-refractivity contribution in [2.45, 2.75) is 37.7 Å². The fourth-order valence-corrected chi connectivity index (χ4v) is 3.73. The Hall–Kier alpha value is -1.39. The van der Waals surface area contributed by atoms with Crippen LogP contribution in [0.3, 0.4) is 0 Å². The zero-order valence-corrected chi connectivity index (χ0v) is 13.3. The Morgan fingerprint density at radius 1 is 1.18 bits per heavy atom. The molecule has 2 saturated heterocycles. The highest BCUT2D eigenvalue weighted by Crippen LogP contribution is 2.54. The first-order chi connectivity index (χ1) is 10.5. The molecule has 0 amide bonds. The van der Waals surface area contributed by atoms with E-state index in [1.165, 1.54) is 7.11 Å². The summed E-state index contributed by atoms with van der Waals surface area (Å²) < 4.78 is 10.7. The third kappa shape index (κ3) is 2.55. The molecular weight excluding hydrogens is 304 g/mol. The smallest absolute Gasteiger partial charge is 0.309 e. The van der Waals surface area contributed by atoms with E-state index in [2.05, 4.69) is 4.74 Å². The lowest BCUT2D eigenvalue weighted by atomic mass is 9.65. The summed E-state index contributed by atoms with van der Waals surface area (Å²) in [6.45, 7) is 0.402. The van der Waals surface area contributed by atoms with Crippen LogP contribution >= 0.6 is 11.6 Å². The Morgan fingerprint density at radius 2 is 1.82 bits per heavy atom. The minimum Gasteiger partial charge on any atom is -0.469 e. The Labute approximate surface area is 134 Å². The molecule has 4 rings (SSSR count). The molecule has 0 N–H and O–H groups in total. The van der Waals surface area contributed by atoms with Crippen LogP contribution in [0.1, 0.15) is 36.8 Å². The number of methoxy groups -OCH3 is 1. The summed E-state index contributed by atoms with van der Waals surface area (Å²) in [5.41, 5.74) is 1.24. The first-order valence-corrected chi connectivity index (χ1v) is 7.88. The molecule has 2 aliphatic heterocycles. The van der Waals surface area contributed by atoms with E-state index in [0.29, 0.717) is 6.61 Å². The van der Waals surface area contributed by atoms with Gasteiger partial charge in [-0.15, -0.1) is 0 Å². The van der Waals surface area contributed by atoms with Gasteiger partial charge in [0.1, 0.15) is 0 Å². The number of esters is 1. The van der Waals surface area contributed by atoms with Crippen molar-refractivity contribution in [3.63, 3.8) is 0 Å². The molecular formula is C17H19ClO4. The molecule has 118 valence electrons. The Balaban J connectivity index is 1.76. The van der Waals surface area contributed by atoms with Crippen LogP contribution in [0.15, 0.2) is 24.3 Å². The maximum atomic E-state index is 11.6. The molecule has 1 saturated carbocycles. The lowest BCUT2D eigenvalue weighted by molar-refractivity contribution is -0.188. The fourth-order valence-electron chi connectivity index (χ4n) is 3.49. The van der Waals surface area contributed by atoms with Gasteiger partial charge < -0.3 is 9.47 Å². The Morgan fingerprint density at radius 3 is 2.27 bits per heavy atom. The number of hydrogen-bond acceptors (Lipinski definition) is 4. The van der Waals surface area contributed by atoms with Crippen LogP contribution in [0.5, 0.6) is 0 Å². The third-order valence-corrected chi connectivity index (χ3v) is 5.51.